The van der Waals surface area contributed by atoms with Gasteiger partial charge in [-0.25, -0.2) is 4.98 Å². The van der Waals surface area contributed by atoms with E-state index in [2.05, 4.69) is 60.4 Å². The molecule has 4 heteroatoms. The van der Waals surface area contributed by atoms with Gasteiger partial charge in [0.1, 0.15) is 5.82 Å². The van der Waals surface area contributed by atoms with Crippen molar-refractivity contribution in [3.05, 3.63) is 95.1 Å². The van der Waals surface area contributed by atoms with Gasteiger partial charge in [-0.3, -0.25) is 4.79 Å². The number of aromatic nitrogens is 1. The summed E-state index contributed by atoms with van der Waals surface area (Å²) in [5.41, 5.74) is 7.65. The Morgan fingerprint density at radius 2 is 1.72 bits per heavy atom. The van der Waals surface area contributed by atoms with Gasteiger partial charge < -0.3 is 9.80 Å². The molecule has 0 saturated heterocycles. The van der Waals surface area contributed by atoms with Crippen LogP contribution in [-0.4, -0.2) is 24.0 Å². The van der Waals surface area contributed by atoms with E-state index in [9.17, 15) is 4.79 Å². The second-order valence-electron chi connectivity index (χ2n) is 8.80. The van der Waals surface area contributed by atoms with Crippen LogP contribution in [-0.2, 0) is 12.8 Å². The largest absolute Gasteiger partial charge is 0.326 e. The fourth-order valence-electron chi connectivity index (χ4n) is 5.00. The molecular weight excluding hydrogens is 394 g/mol. The molecule has 1 aromatic heterocycles. The predicted molar refractivity (Wildman–Crippen MR) is 130 cm³/mol. The molecule has 3 heterocycles. The van der Waals surface area contributed by atoms with Crippen molar-refractivity contribution < 1.29 is 4.79 Å². The highest BCUT2D eigenvalue weighted by atomic mass is 16.2. The first-order valence-corrected chi connectivity index (χ1v) is 11.3. The Morgan fingerprint density at radius 3 is 2.59 bits per heavy atom. The molecule has 0 spiro atoms. The first-order chi connectivity index (χ1) is 15.7. The lowest BCUT2D eigenvalue weighted by atomic mass is 10.0. The minimum Gasteiger partial charge on any atom is -0.326 e. The van der Waals surface area contributed by atoms with Crippen LogP contribution >= 0.6 is 0 Å². The lowest BCUT2D eigenvalue weighted by Crippen LogP contribution is -2.35. The van der Waals surface area contributed by atoms with Crippen LogP contribution in [0.25, 0.3) is 10.9 Å². The van der Waals surface area contributed by atoms with Crippen molar-refractivity contribution in [1.29, 1.82) is 0 Å². The Morgan fingerprint density at radius 1 is 0.875 bits per heavy atom. The molecular formula is C28H25N3O. The monoisotopic (exact) mass is 419 g/mol. The maximum Gasteiger partial charge on any atom is 0.258 e. The summed E-state index contributed by atoms with van der Waals surface area (Å²) in [6, 6.07) is 25.0. The number of amides is 1. The number of aryl methyl sites for hydroxylation is 2. The topological polar surface area (TPSA) is 36.4 Å². The zero-order valence-corrected chi connectivity index (χ0v) is 18.2. The molecule has 0 saturated carbocycles. The first kappa shape index (κ1) is 19.1. The van der Waals surface area contributed by atoms with Gasteiger partial charge in [0, 0.05) is 35.4 Å². The van der Waals surface area contributed by atoms with Crippen LogP contribution in [0.3, 0.4) is 0 Å². The van der Waals surface area contributed by atoms with Gasteiger partial charge in [-0.15, -0.1) is 0 Å². The van der Waals surface area contributed by atoms with Crippen LogP contribution in [0.1, 0.15) is 33.5 Å². The number of fused-ring (bicyclic) bond motifs is 3. The Balaban J connectivity index is 1.29. The molecule has 0 radical (unpaired) electrons. The lowest BCUT2D eigenvalue weighted by molar-refractivity contribution is 0.0985. The molecule has 4 nitrogen and oxygen atoms in total. The van der Waals surface area contributed by atoms with Gasteiger partial charge in [0.25, 0.3) is 5.91 Å². The van der Waals surface area contributed by atoms with E-state index in [1.165, 1.54) is 22.1 Å². The van der Waals surface area contributed by atoms with E-state index >= 15 is 0 Å². The van der Waals surface area contributed by atoms with Gasteiger partial charge in [0.05, 0.1) is 5.52 Å². The Hall–Kier alpha value is -3.66. The van der Waals surface area contributed by atoms with Crippen LogP contribution in [0.2, 0.25) is 0 Å². The summed E-state index contributed by atoms with van der Waals surface area (Å²) >= 11 is 0. The third-order valence-corrected chi connectivity index (χ3v) is 6.67. The number of rotatable bonds is 2. The van der Waals surface area contributed by atoms with Crippen LogP contribution in [0, 0.1) is 6.92 Å². The van der Waals surface area contributed by atoms with Crippen molar-refractivity contribution in [3.8, 4) is 0 Å². The maximum absolute atomic E-state index is 13.3. The number of nitrogens with zero attached hydrogens (tertiary/aromatic N) is 3. The number of anilines is 3. The van der Waals surface area contributed by atoms with Crippen LogP contribution in [0.15, 0.2) is 72.8 Å². The molecule has 4 aromatic rings. The van der Waals surface area contributed by atoms with Crippen molar-refractivity contribution >= 4 is 34.0 Å². The fourth-order valence-corrected chi connectivity index (χ4v) is 5.00. The fraction of sp³-hybridized carbons (Fsp3) is 0.214. The van der Waals surface area contributed by atoms with Crippen molar-refractivity contribution in [3.63, 3.8) is 0 Å². The summed E-state index contributed by atoms with van der Waals surface area (Å²) in [6.45, 7) is 3.78. The molecule has 0 N–H and O–H groups in total. The van der Waals surface area contributed by atoms with E-state index in [4.69, 9.17) is 4.98 Å². The summed E-state index contributed by atoms with van der Waals surface area (Å²) in [7, 11) is 0. The van der Waals surface area contributed by atoms with Gasteiger partial charge >= 0.3 is 0 Å². The van der Waals surface area contributed by atoms with E-state index < -0.39 is 0 Å². The number of hydrogen-bond acceptors (Lipinski definition) is 3. The number of para-hydroxylation sites is 1. The molecule has 0 aliphatic carbocycles. The average Bonchev–Trinajstić information content (AvgIpc) is 3.24. The van der Waals surface area contributed by atoms with Gasteiger partial charge in [0.2, 0.25) is 0 Å². The first-order valence-electron chi connectivity index (χ1n) is 11.3. The van der Waals surface area contributed by atoms with Crippen molar-refractivity contribution in [2.45, 2.75) is 26.2 Å². The van der Waals surface area contributed by atoms with Crippen LogP contribution in [0.4, 0.5) is 17.2 Å². The molecule has 0 unspecified atom stereocenters. The average molecular weight is 420 g/mol. The lowest BCUT2D eigenvalue weighted by Gasteiger charge is -2.29. The summed E-state index contributed by atoms with van der Waals surface area (Å²) < 4.78 is 0. The highest BCUT2D eigenvalue weighted by Gasteiger charge is 2.25. The number of hydrogen-bond donors (Lipinski definition) is 0. The van der Waals surface area contributed by atoms with Gasteiger partial charge in [-0.1, -0.05) is 30.3 Å². The molecule has 6 rings (SSSR count). The standard InChI is InChI=1S/C28H25N3O/c1-19-8-9-22-18-23-14-16-30(27(23)29-25(22)17-19)24-12-10-21(11-13-24)28(32)31-15-4-6-20-5-2-3-7-26(20)31/h2-3,5,7-13,17-18H,4,6,14-16H2,1H3. The number of carbonyl (C=O) groups is 1. The Kier molecular flexibility index (Phi) is 4.46. The SMILES string of the molecule is Cc1ccc2cc3c(nc2c1)N(c1ccc(C(=O)N2CCCc4ccccc42)cc1)CC3. The smallest absolute Gasteiger partial charge is 0.258 e. The van der Waals surface area contributed by atoms with E-state index in [0.717, 1.165) is 60.6 Å². The van der Waals surface area contributed by atoms with Crippen LogP contribution < -0.4 is 9.80 Å². The van der Waals surface area contributed by atoms with Gasteiger partial charge in [-0.2, -0.15) is 0 Å². The molecule has 32 heavy (non-hydrogen) atoms. The van der Waals surface area contributed by atoms with E-state index in [0.29, 0.717) is 0 Å². The molecule has 0 bridgehead atoms. The van der Waals surface area contributed by atoms with Gasteiger partial charge in [-0.05, 0) is 85.3 Å². The zero-order chi connectivity index (χ0) is 21.7. The maximum atomic E-state index is 13.3. The second-order valence-corrected chi connectivity index (χ2v) is 8.80. The zero-order valence-electron chi connectivity index (χ0n) is 18.2. The van der Waals surface area contributed by atoms with Gasteiger partial charge in [0.15, 0.2) is 0 Å². The normalized spacial score (nSPS) is 15.0. The quantitative estimate of drug-likeness (QED) is 0.410. The molecule has 2 aliphatic rings. The summed E-state index contributed by atoms with van der Waals surface area (Å²) in [5.74, 6) is 1.11. The molecule has 3 aromatic carbocycles. The molecule has 158 valence electrons. The Labute approximate surface area is 188 Å². The molecule has 0 atom stereocenters. The van der Waals surface area contributed by atoms with Crippen molar-refractivity contribution in [2.75, 3.05) is 22.9 Å². The number of benzene rings is 3. The minimum absolute atomic E-state index is 0.0742. The summed E-state index contributed by atoms with van der Waals surface area (Å²) in [6.07, 6.45) is 3.02. The summed E-state index contributed by atoms with van der Waals surface area (Å²) in [4.78, 5) is 22.4. The number of carbonyl (C=O) groups excluding carboxylic acids is 1. The number of pyridine rings is 1. The Bertz CT molecular complexity index is 1340. The summed E-state index contributed by atoms with van der Waals surface area (Å²) in [5, 5.41) is 1.19. The third kappa shape index (κ3) is 3.14. The molecule has 0 fully saturated rings. The molecule has 2 aliphatic heterocycles. The van der Waals surface area contributed by atoms with Crippen molar-refractivity contribution in [1.82, 2.24) is 4.98 Å². The predicted octanol–water partition coefficient (Wildman–Crippen LogP) is 5.83. The van der Waals surface area contributed by atoms with E-state index in [1.54, 1.807) is 0 Å². The minimum atomic E-state index is 0.0742. The van der Waals surface area contributed by atoms with Crippen molar-refractivity contribution in [2.24, 2.45) is 0 Å². The van der Waals surface area contributed by atoms with E-state index in [1.807, 2.05) is 29.2 Å². The van der Waals surface area contributed by atoms with Crippen LogP contribution in [0.5, 0.6) is 0 Å². The molecule has 1 amide bonds. The third-order valence-electron chi connectivity index (χ3n) is 6.67. The second kappa shape index (κ2) is 7.49. The van der Waals surface area contributed by atoms with E-state index in [-0.39, 0.29) is 5.91 Å². The highest BCUT2D eigenvalue weighted by Crippen LogP contribution is 2.35. The highest BCUT2D eigenvalue weighted by molar-refractivity contribution is 6.07.